The molecular formula is C84H160N2O18P2+2. The van der Waals surface area contributed by atoms with Crippen molar-refractivity contribution < 1.29 is 93.6 Å². The number of ether oxygens (including phenoxy) is 5. The van der Waals surface area contributed by atoms with Gasteiger partial charge in [-0.2, -0.15) is 0 Å². The number of carbonyl (C=O) groups is 5. The number of likely N-dealkylation sites (N-methyl/N-ethyl adjacent to an activating group) is 2. The minimum atomic E-state index is -4.43. The van der Waals surface area contributed by atoms with Gasteiger partial charge in [0.15, 0.2) is 12.2 Å². The van der Waals surface area contributed by atoms with Gasteiger partial charge < -0.3 is 42.4 Å². The zero-order valence-corrected chi connectivity index (χ0v) is 70.7. The van der Waals surface area contributed by atoms with Crippen LogP contribution in [0.3, 0.4) is 0 Å². The van der Waals surface area contributed by atoms with E-state index < -0.39 is 59.0 Å². The minimum absolute atomic E-state index is 0.00494. The summed E-state index contributed by atoms with van der Waals surface area (Å²) < 4.78 is 75.2. The van der Waals surface area contributed by atoms with Crippen LogP contribution in [0.1, 0.15) is 367 Å². The average Bonchev–Trinajstić information content (AvgIpc) is 1.61. The third-order valence-corrected chi connectivity index (χ3v) is 22.9. The highest BCUT2D eigenvalue weighted by atomic mass is 31.2. The molecule has 2 aliphatic rings. The number of hydrogen-bond acceptors (Lipinski definition) is 16. The lowest BCUT2D eigenvalue weighted by Crippen LogP contribution is -2.37. The fourth-order valence-corrected chi connectivity index (χ4v) is 15.7. The molecule has 0 saturated heterocycles. The summed E-state index contributed by atoms with van der Waals surface area (Å²) in [6, 6.07) is 0. The molecule has 0 aromatic rings. The van der Waals surface area contributed by atoms with Crippen molar-refractivity contribution in [3.63, 3.8) is 0 Å². The number of allylic oxidation sites excluding steroid dienone is 2. The van der Waals surface area contributed by atoms with Crippen molar-refractivity contribution in [2.45, 2.75) is 379 Å². The minimum Gasteiger partial charge on any atom is -0.465 e. The van der Waals surface area contributed by atoms with E-state index in [2.05, 4.69) is 26.0 Å². The van der Waals surface area contributed by atoms with Crippen LogP contribution >= 0.6 is 15.6 Å². The van der Waals surface area contributed by atoms with E-state index in [1.165, 1.54) is 186 Å². The highest BCUT2D eigenvalue weighted by molar-refractivity contribution is 7.47. The van der Waals surface area contributed by atoms with E-state index in [1.807, 2.05) is 42.3 Å². The van der Waals surface area contributed by atoms with Gasteiger partial charge in [-0.15, -0.1) is 0 Å². The van der Waals surface area contributed by atoms with Crippen LogP contribution in [-0.4, -0.2) is 162 Å². The van der Waals surface area contributed by atoms with Gasteiger partial charge in [-0.05, 0) is 62.7 Å². The predicted octanol–water partition coefficient (Wildman–Crippen LogP) is 21.4. The summed E-state index contributed by atoms with van der Waals surface area (Å²) >= 11 is 0. The van der Waals surface area contributed by atoms with Crippen molar-refractivity contribution in [2.24, 2.45) is 17.3 Å². The molecule has 1 saturated carbocycles. The largest absolute Gasteiger partial charge is 0.472 e. The molecule has 0 aliphatic heterocycles. The highest BCUT2D eigenvalue weighted by Gasteiger charge is 2.49. The second kappa shape index (κ2) is 62.7. The van der Waals surface area contributed by atoms with E-state index in [0.717, 1.165) is 128 Å². The molecule has 0 aromatic heterocycles. The van der Waals surface area contributed by atoms with Crippen LogP contribution in [0.2, 0.25) is 0 Å². The number of nitrogens with zero attached hydrogens (tertiary/aromatic N) is 2. The molecule has 1 fully saturated rings. The zero-order chi connectivity index (χ0) is 77.7. The van der Waals surface area contributed by atoms with Gasteiger partial charge in [0.05, 0.1) is 68.0 Å². The number of phosphoric acid groups is 2. The van der Waals surface area contributed by atoms with Gasteiger partial charge in [0, 0.05) is 25.7 Å². The zero-order valence-electron chi connectivity index (χ0n) is 68.9. The first kappa shape index (κ1) is 99.3. The molecule has 2 N–H and O–H groups in total. The van der Waals surface area contributed by atoms with Crippen molar-refractivity contribution >= 4 is 45.5 Å². The normalized spacial score (nSPS) is 17.5. The number of rotatable bonds is 77. The maximum absolute atomic E-state index is 13.3. The number of unbranched alkanes of at least 4 members (excludes halogenated alkanes) is 44. The monoisotopic (exact) mass is 1550 g/mol. The van der Waals surface area contributed by atoms with Gasteiger partial charge >= 0.3 is 45.5 Å². The lowest BCUT2D eigenvalue weighted by molar-refractivity contribution is -0.870. The quantitative estimate of drug-likeness (QED) is 0.0144. The summed E-state index contributed by atoms with van der Waals surface area (Å²) in [7, 11) is 2.81. The molecule has 7 atom stereocenters. The topological polar surface area (TPSA) is 243 Å². The molecule has 106 heavy (non-hydrogen) atoms. The van der Waals surface area contributed by atoms with Crippen LogP contribution in [0.5, 0.6) is 0 Å². The van der Waals surface area contributed by atoms with E-state index in [-0.39, 0.29) is 75.4 Å². The van der Waals surface area contributed by atoms with Gasteiger partial charge in [-0.1, -0.05) is 302 Å². The van der Waals surface area contributed by atoms with Crippen molar-refractivity contribution in [1.29, 1.82) is 0 Å². The first-order valence-electron chi connectivity index (χ1n) is 43.3. The van der Waals surface area contributed by atoms with Crippen LogP contribution in [-0.2, 0) is 74.9 Å². The molecule has 0 spiro atoms. The molecule has 22 heteroatoms. The van der Waals surface area contributed by atoms with Crippen LogP contribution in [0.25, 0.3) is 0 Å². The van der Waals surface area contributed by atoms with Crippen molar-refractivity contribution in [3.8, 4) is 0 Å². The van der Waals surface area contributed by atoms with Crippen LogP contribution in [0, 0.1) is 17.3 Å². The van der Waals surface area contributed by atoms with Crippen molar-refractivity contribution in [2.75, 3.05) is 102 Å². The second-order valence-corrected chi connectivity index (χ2v) is 36.3. The molecule has 2 bridgehead atoms. The maximum atomic E-state index is 13.3. The first-order chi connectivity index (χ1) is 50.9. The summed E-state index contributed by atoms with van der Waals surface area (Å²) in [6.07, 6.45) is 61.7. The molecule has 2 rings (SSSR count). The summed E-state index contributed by atoms with van der Waals surface area (Å²) in [5, 5.41) is 0. The van der Waals surface area contributed by atoms with E-state index >= 15 is 0 Å². The van der Waals surface area contributed by atoms with Gasteiger partial charge in [-0.25, -0.2) is 9.13 Å². The number of hydrogen-bond donors (Lipinski definition) is 2. The lowest BCUT2D eigenvalue weighted by atomic mass is 9.80. The molecule has 0 radical (unpaired) electrons. The smallest absolute Gasteiger partial charge is 0.465 e. The molecule has 20 nitrogen and oxygen atoms in total. The Morgan fingerprint density at radius 1 is 0.368 bits per heavy atom. The van der Waals surface area contributed by atoms with E-state index in [4.69, 9.17) is 41.8 Å². The predicted molar refractivity (Wildman–Crippen MR) is 426 cm³/mol. The Hall–Kier alpha value is -2.77. The Morgan fingerprint density at radius 2 is 0.660 bits per heavy atom. The Kier molecular flexibility index (Phi) is 58.8. The lowest BCUT2D eigenvalue weighted by Gasteiger charge is -2.25. The van der Waals surface area contributed by atoms with Crippen LogP contribution in [0.4, 0.5) is 0 Å². The average molecular weight is 1550 g/mol. The molecule has 0 heterocycles. The SMILES string of the molecule is CCCCCCCCCCCCCCCC(=O)OC[C@H](COP(=O)(O)OCC[N+](C)(C)C)OC(=O)CCCCCCCCCCCCCCCC12C=CC(C1)C(C(=O)OCCCCCCCCCCCC(=O)O[C@@H](COC(=O)CCCCCCCCCCCCCCC)COP(=O)(O)OCC[N+](C)(C)C)C2. The number of esters is 5. The second-order valence-electron chi connectivity index (χ2n) is 33.4. The molecule has 0 amide bonds. The summed E-state index contributed by atoms with van der Waals surface area (Å²) in [5.74, 6) is -1.44. The first-order valence-corrected chi connectivity index (χ1v) is 46.3. The number of phosphoric ester groups is 2. The Bertz CT molecular complexity index is 2350. The summed E-state index contributed by atoms with van der Waals surface area (Å²) in [6.45, 7) is 4.59. The Balaban J connectivity index is 1.52. The maximum Gasteiger partial charge on any atom is 0.472 e. The van der Waals surface area contributed by atoms with Gasteiger partial charge in [-0.3, -0.25) is 42.1 Å². The Morgan fingerprint density at radius 3 is 0.981 bits per heavy atom. The highest BCUT2D eigenvalue weighted by Crippen LogP contribution is 2.55. The van der Waals surface area contributed by atoms with Crippen LogP contribution in [0.15, 0.2) is 12.2 Å². The number of carbonyl (C=O) groups excluding carboxylic acids is 5. The molecule has 0 aromatic carbocycles. The van der Waals surface area contributed by atoms with E-state index in [0.29, 0.717) is 47.4 Å². The van der Waals surface area contributed by atoms with Crippen molar-refractivity contribution in [3.05, 3.63) is 12.2 Å². The molecule has 2 aliphatic carbocycles. The van der Waals surface area contributed by atoms with Gasteiger partial charge in [0.25, 0.3) is 0 Å². The molecular weight excluding hydrogens is 1390 g/mol. The third kappa shape index (κ3) is 59.1. The van der Waals surface area contributed by atoms with Gasteiger partial charge in [0.2, 0.25) is 0 Å². The van der Waals surface area contributed by atoms with Crippen LogP contribution < -0.4 is 0 Å². The summed E-state index contributed by atoms with van der Waals surface area (Å²) in [4.78, 5) is 85.1. The van der Waals surface area contributed by atoms with Gasteiger partial charge in [0.1, 0.15) is 39.5 Å². The summed E-state index contributed by atoms with van der Waals surface area (Å²) in [5.41, 5.74) is 0.150. The van der Waals surface area contributed by atoms with Crippen molar-refractivity contribution in [1.82, 2.24) is 0 Å². The molecule has 5 unspecified atom stereocenters. The Labute approximate surface area is 646 Å². The fraction of sp³-hybridized carbons (Fsp3) is 0.917. The third-order valence-electron chi connectivity index (χ3n) is 20.9. The van der Waals surface area contributed by atoms with E-state index in [9.17, 15) is 42.9 Å². The molecule has 622 valence electrons. The number of quaternary nitrogens is 2. The standard InChI is InChI=1S/C84H158N2O18P2/c1-9-11-13-15-17-19-21-24-28-33-39-45-51-57-79(87)97-71-76(73-101-105(92,93)99-67-64-85(3,4)5)103-81(89)59-53-47-41-35-30-26-23-27-31-37-43-49-55-62-84-63-61-75(69-84)78(70-84)83(91)96-66-56-50-44-38-32-36-42-48-54-60-82(90)104-77(74-102-106(94,95)100-68-65-86(6,7)8)72-98-80(88)58-52-46-40-34-29-25-22-20-18-16-14-12-10-2/h61,63,75-78H,9-60,62,64-74H2,1-8H3/p+2/t75?,76-,77+,78?,84?/m1/s1. The van der Waals surface area contributed by atoms with E-state index in [1.54, 1.807) is 0 Å². The fourth-order valence-electron chi connectivity index (χ4n) is 14.2. The number of fused-ring (bicyclic) bond motifs is 2.